The predicted molar refractivity (Wildman–Crippen MR) is 47.7 cm³/mol. The molecule has 0 fully saturated rings. The van der Waals surface area contributed by atoms with E-state index in [1.165, 1.54) is 4.80 Å². The summed E-state index contributed by atoms with van der Waals surface area (Å²) in [6.07, 6.45) is 4.35. The molecule has 0 N–H and O–H groups in total. The molecule has 0 unspecified atom stereocenters. The van der Waals surface area contributed by atoms with Gasteiger partial charge in [-0.3, -0.25) is 4.79 Å². The van der Waals surface area contributed by atoms with E-state index in [4.69, 9.17) is 0 Å². The van der Waals surface area contributed by atoms with Crippen molar-refractivity contribution in [2.75, 3.05) is 0 Å². The van der Waals surface area contributed by atoms with E-state index >= 15 is 0 Å². The normalized spacial score (nSPS) is 10.4. The minimum absolute atomic E-state index is 0.529. The lowest BCUT2D eigenvalue weighted by Crippen LogP contribution is -1.99. The fraction of sp³-hybridized carbons (Fsp3) is 0.250. The van der Waals surface area contributed by atoms with Crippen molar-refractivity contribution in [3.63, 3.8) is 0 Å². The van der Waals surface area contributed by atoms with Gasteiger partial charge in [0.15, 0.2) is 12.1 Å². The lowest BCUT2D eigenvalue weighted by molar-refractivity contribution is 0.112. The zero-order chi connectivity index (χ0) is 9.97. The molecule has 72 valence electrons. The van der Waals surface area contributed by atoms with Crippen molar-refractivity contribution < 1.29 is 4.79 Å². The van der Waals surface area contributed by atoms with Gasteiger partial charge in [0.1, 0.15) is 0 Å². The largest absolute Gasteiger partial charge is 0.346 e. The number of aryl methyl sites for hydroxylation is 1. The summed E-state index contributed by atoms with van der Waals surface area (Å²) < 4.78 is 1.83. The molecule has 2 heterocycles. The van der Waals surface area contributed by atoms with Crippen molar-refractivity contribution in [2.24, 2.45) is 7.05 Å². The van der Waals surface area contributed by atoms with Crippen molar-refractivity contribution in [3.8, 4) is 0 Å². The Hall–Kier alpha value is -1.98. The maximum atomic E-state index is 10.4. The first-order chi connectivity index (χ1) is 6.78. The lowest BCUT2D eigenvalue weighted by Gasteiger charge is -1.95. The maximum Gasteiger partial charge on any atom is 0.194 e. The Morgan fingerprint density at radius 3 is 3.00 bits per heavy atom. The molecule has 0 aliphatic carbocycles. The molecular weight excluding hydrogens is 182 g/mol. The van der Waals surface area contributed by atoms with Crippen LogP contribution in [0.4, 0.5) is 0 Å². The van der Waals surface area contributed by atoms with Crippen LogP contribution >= 0.6 is 0 Å². The number of carbonyl (C=O) groups is 1. The van der Waals surface area contributed by atoms with Gasteiger partial charge in [-0.2, -0.15) is 4.80 Å². The number of aromatic nitrogens is 5. The molecule has 6 heteroatoms. The minimum Gasteiger partial charge on any atom is -0.346 e. The van der Waals surface area contributed by atoms with Gasteiger partial charge < -0.3 is 4.57 Å². The monoisotopic (exact) mass is 191 g/mol. The number of nitrogens with zero attached hydrogens (tertiary/aromatic N) is 5. The number of hydrogen-bond acceptors (Lipinski definition) is 4. The van der Waals surface area contributed by atoms with Crippen molar-refractivity contribution in [1.29, 1.82) is 0 Å². The van der Waals surface area contributed by atoms with Gasteiger partial charge in [-0.25, -0.2) is 0 Å². The highest BCUT2D eigenvalue weighted by Gasteiger charge is 2.01. The maximum absolute atomic E-state index is 10.4. The van der Waals surface area contributed by atoms with Gasteiger partial charge in [-0.1, -0.05) is 0 Å². The van der Waals surface area contributed by atoms with E-state index in [2.05, 4.69) is 15.4 Å². The van der Waals surface area contributed by atoms with Crippen LogP contribution in [0.5, 0.6) is 0 Å². The predicted octanol–water partition coefficient (Wildman–Crippen LogP) is -0.128. The molecule has 6 nitrogen and oxygen atoms in total. The van der Waals surface area contributed by atoms with Gasteiger partial charge in [0, 0.05) is 18.0 Å². The second-order valence-electron chi connectivity index (χ2n) is 2.93. The van der Waals surface area contributed by atoms with Gasteiger partial charge >= 0.3 is 0 Å². The van der Waals surface area contributed by atoms with Crippen LogP contribution in [0.2, 0.25) is 0 Å². The first kappa shape index (κ1) is 8.61. The number of carbonyl (C=O) groups excluding carboxylic acids is 1. The fourth-order valence-corrected chi connectivity index (χ4v) is 1.18. The van der Waals surface area contributed by atoms with Crippen LogP contribution in [0.1, 0.15) is 16.2 Å². The standard InChI is InChI=1S/C8H9N5O/c1-12-10-8(9-11-12)5-13-3-2-7(4-13)6-14/h2-4,6H,5H2,1H3. The molecule has 0 saturated heterocycles. The molecule has 0 aliphatic heterocycles. The number of aldehydes is 1. The summed E-state index contributed by atoms with van der Waals surface area (Å²) in [6.45, 7) is 0.529. The van der Waals surface area contributed by atoms with Crippen LogP contribution in [0.25, 0.3) is 0 Å². The van der Waals surface area contributed by atoms with E-state index in [-0.39, 0.29) is 0 Å². The van der Waals surface area contributed by atoms with E-state index < -0.39 is 0 Å². The van der Waals surface area contributed by atoms with Crippen molar-refractivity contribution in [3.05, 3.63) is 29.8 Å². The highest BCUT2D eigenvalue weighted by molar-refractivity contribution is 5.74. The lowest BCUT2D eigenvalue weighted by atomic mass is 10.4. The third kappa shape index (κ3) is 1.68. The molecular formula is C8H9N5O. The number of rotatable bonds is 3. The van der Waals surface area contributed by atoms with Crippen LogP contribution in [-0.4, -0.2) is 31.1 Å². The number of hydrogen-bond donors (Lipinski definition) is 0. The smallest absolute Gasteiger partial charge is 0.194 e. The van der Waals surface area contributed by atoms with Gasteiger partial charge in [0.25, 0.3) is 0 Å². The summed E-state index contributed by atoms with van der Waals surface area (Å²) in [4.78, 5) is 11.8. The molecule has 0 bridgehead atoms. The molecule has 0 saturated carbocycles. The fourth-order valence-electron chi connectivity index (χ4n) is 1.18. The average Bonchev–Trinajstić information content (AvgIpc) is 2.76. The van der Waals surface area contributed by atoms with E-state index in [9.17, 15) is 4.79 Å². The van der Waals surface area contributed by atoms with Crippen LogP contribution in [-0.2, 0) is 13.6 Å². The Morgan fingerprint density at radius 1 is 1.57 bits per heavy atom. The summed E-state index contributed by atoms with van der Waals surface area (Å²) >= 11 is 0. The third-order valence-corrected chi connectivity index (χ3v) is 1.78. The molecule has 0 spiro atoms. The van der Waals surface area contributed by atoms with Crippen molar-refractivity contribution >= 4 is 6.29 Å². The highest BCUT2D eigenvalue weighted by atomic mass is 16.1. The second kappa shape index (κ2) is 3.41. The average molecular weight is 191 g/mol. The first-order valence-corrected chi connectivity index (χ1v) is 4.12. The van der Waals surface area contributed by atoms with Crippen molar-refractivity contribution in [1.82, 2.24) is 24.8 Å². The Bertz CT molecular complexity index is 444. The second-order valence-corrected chi connectivity index (χ2v) is 2.93. The summed E-state index contributed by atoms with van der Waals surface area (Å²) in [6, 6.07) is 1.74. The SMILES string of the molecule is Cn1nnc(Cn2ccc(C=O)c2)n1. The summed E-state index contributed by atoms with van der Waals surface area (Å²) in [5, 5.41) is 11.6. The highest BCUT2D eigenvalue weighted by Crippen LogP contribution is 1.99. The third-order valence-electron chi connectivity index (χ3n) is 1.78. The Labute approximate surface area is 80.1 Å². The Kier molecular flexibility index (Phi) is 2.10. The number of tetrazole rings is 1. The quantitative estimate of drug-likeness (QED) is 0.634. The van der Waals surface area contributed by atoms with Crippen LogP contribution in [0.15, 0.2) is 18.5 Å². The van der Waals surface area contributed by atoms with E-state index in [0.29, 0.717) is 17.9 Å². The molecule has 0 aliphatic rings. The molecule has 2 aromatic heterocycles. The molecule has 2 rings (SSSR count). The van der Waals surface area contributed by atoms with Crippen LogP contribution in [0, 0.1) is 0 Å². The van der Waals surface area contributed by atoms with Gasteiger partial charge in [-0.05, 0) is 11.3 Å². The minimum atomic E-state index is 0.529. The molecule has 0 amide bonds. The zero-order valence-corrected chi connectivity index (χ0v) is 7.66. The molecule has 2 aromatic rings. The van der Waals surface area contributed by atoms with Gasteiger partial charge in [-0.15, -0.1) is 10.2 Å². The topological polar surface area (TPSA) is 65.6 Å². The molecule has 0 atom stereocenters. The zero-order valence-electron chi connectivity index (χ0n) is 7.66. The molecule has 14 heavy (non-hydrogen) atoms. The Balaban J connectivity index is 2.14. The van der Waals surface area contributed by atoms with Gasteiger partial charge in [0.05, 0.1) is 13.6 Å². The van der Waals surface area contributed by atoms with Crippen LogP contribution in [0.3, 0.4) is 0 Å². The summed E-state index contributed by atoms with van der Waals surface area (Å²) in [7, 11) is 1.71. The summed E-state index contributed by atoms with van der Waals surface area (Å²) in [5.41, 5.74) is 0.647. The first-order valence-electron chi connectivity index (χ1n) is 4.12. The van der Waals surface area contributed by atoms with E-state index in [1.807, 2.05) is 4.57 Å². The molecule has 0 aromatic carbocycles. The van der Waals surface area contributed by atoms with Crippen LogP contribution < -0.4 is 0 Å². The molecule has 0 radical (unpaired) electrons. The Morgan fingerprint density at radius 2 is 2.43 bits per heavy atom. The summed E-state index contributed by atoms with van der Waals surface area (Å²) in [5.74, 6) is 0.626. The van der Waals surface area contributed by atoms with Gasteiger partial charge in [0.2, 0.25) is 0 Å². The van der Waals surface area contributed by atoms with E-state index in [1.54, 1.807) is 25.5 Å². The van der Waals surface area contributed by atoms with Crippen molar-refractivity contribution in [2.45, 2.75) is 6.54 Å². The van der Waals surface area contributed by atoms with E-state index in [0.717, 1.165) is 6.29 Å².